The topological polar surface area (TPSA) is 41.6 Å². The van der Waals surface area contributed by atoms with Gasteiger partial charge in [-0.2, -0.15) is 0 Å². The molecule has 4 heteroatoms. The van der Waals surface area contributed by atoms with Crippen LogP contribution in [0.15, 0.2) is 61.2 Å². The van der Waals surface area contributed by atoms with Gasteiger partial charge in [0.05, 0.1) is 12.2 Å². The summed E-state index contributed by atoms with van der Waals surface area (Å²) < 4.78 is 5.93. The monoisotopic (exact) mass is 364 g/mol. The van der Waals surface area contributed by atoms with E-state index >= 15 is 0 Å². The van der Waals surface area contributed by atoms with Gasteiger partial charge in [-0.05, 0) is 43.5 Å². The highest BCUT2D eigenvalue weighted by Gasteiger charge is 2.41. The molecule has 1 aliphatic heterocycles. The minimum atomic E-state index is -0.683. The number of carbonyl (C=O) groups is 1. The molecule has 0 aliphatic carbocycles. The van der Waals surface area contributed by atoms with Crippen LogP contribution in [0.3, 0.4) is 0 Å². The van der Waals surface area contributed by atoms with Crippen molar-refractivity contribution in [1.29, 1.82) is 0 Å². The number of para-hydroxylation sites is 1. The van der Waals surface area contributed by atoms with Crippen molar-refractivity contribution in [2.24, 2.45) is 5.92 Å². The Morgan fingerprint density at radius 2 is 2.00 bits per heavy atom. The van der Waals surface area contributed by atoms with Gasteiger partial charge < -0.3 is 15.0 Å². The SMILES string of the molecule is C=CCN1C(=O)c2ccccc2NC1(C)c1cccc(OCCC(C)C)c1. The smallest absolute Gasteiger partial charge is 0.258 e. The van der Waals surface area contributed by atoms with E-state index in [2.05, 4.69) is 25.7 Å². The number of rotatable bonds is 7. The van der Waals surface area contributed by atoms with Gasteiger partial charge in [0, 0.05) is 17.8 Å². The third-order valence-corrected chi connectivity index (χ3v) is 4.99. The Morgan fingerprint density at radius 1 is 1.22 bits per heavy atom. The van der Waals surface area contributed by atoms with Gasteiger partial charge in [0.1, 0.15) is 11.4 Å². The maximum Gasteiger partial charge on any atom is 0.258 e. The number of carbonyl (C=O) groups excluding carboxylic acids is 1. The van der Waals surface area contributed by atoms with Crippen LogP contribution in [0, 0.1) is 5.92 Å². The summed E-state index contributed by atoms with van der Waals surface area (Å²) in [6.07, 6.45) is 2.77. The van der Waals surface area contributed by atoms with Gasteiger partial charge in [0.2, 0.25) is 0 Å². The van der Waals surface area contributed by atoms with Crippen molar-refractivity contribution < 1.29 is 9.53 Å². The number of anilines is 1. The first-order valence-electron chi connectivity index (χ1n) is 9.49. The highest BCUT2D eigenvalue weighted by Crippen LogP contribution is 2.38. The molecular weight excluding hydrogens is 336 g/mol. The van der Waals surface area contributed by atoms with Crippen molar-refractivity contribution in [2.45, 2.75) is 32.9 Å². The fourth-order valence-corrected chi connectivity index (χ4v) is 3.38. The first-order chi connectivity index (χ1) is 13.0. The molecule has 27 heavy (non-hydrogen) atoms. The van der Waals surface area contributed by atoms with Crippen LogP contribution in [0.4, 0.5) is 5.69 Å². The molecule has 0 radical (unpaired) electrons. The fourth-order valence-electron chi connectivity index (χ4n) is 3.38. The van der Waals surface area contributed by atoms with Crippen LogP contribution in [0.25, 0.3) is 0 Å². The quantitative estimate of drug-likeness (QED) is 0.700. The predicted molar refractivity (Wildman–Crippen MR) is 110 cm³/mol. The number of nitrogens with one attached hydrogen (secondary N) is 1. The summed E-state index contributed by atoms with van der Waals surface area (Å²) in [5, 5.41) is 3.56. The van der Waals surface area contributed by atoms with Crippen molar-refractivity contribution >= 4 is 11.6 Å². The van der Waals surface area contributed by atoms with Crippen LogP contribution in [0.1, 0.15) is 43.1 Å². The van der Waals surface area contributed by atoms with Crippen molar-refractivity contribution in [3.05, 3.63) is 72.3 Å². The van der Waals surface area contributed by atoms with Gasteiger partial charge in [-0.1, -0.05) is 44.2 Å². The molecule has 3 rings (SSSR count). The largest absolute Gasteiger partial charge is 0.494 e. The van der Waals surface area contributed by atoms with E-state index in [0.29, 0.717) is 24.6 Å². The lowest BCUT2D eigenvalue weighted by Gasteiger charge is -2.46. The second-order valence-electron chi connectivity index (χ2n) is 7.51. The minimum Gasteiger partial charge on any atom is -0.494 e. The van der Waals surface area contributed by atoms with E-state index in [1.54, 1.807) is 6.08 Å². The van der Waals surface area contributed by atoms with E-state index in [4.69, 9.17) is 4.74 Å². The van der Waals surface area contributed by atoms with Crippen molar-refractivity contribution in [3.8, 4) is 5.75 Å². The van der Waals surface area contributed by atoms with Crippen LogP contribution in [0.5, 0.6) is 5.75 Å². The molecule has 1 N–H and O–H groups in total. The Morgan fingerprint density at radius 3 is 2.74 bits per heavy atom. The lowest BCUT2D eigenvalue weighted by Crippen LogP contribution is -2.55. The van der Waals surface area contributed by atoms with Crippen LogP contribution in [-0.4, -0.2) is 24.0 Å². The van der Waals surface area contributed by atoms with Crippen molar-refractivity contribution in [1.82, 2.24) is 4.90 Å². The summed E-state index contributed by atoms with van der Waals surface area (Å²) >= 11 is 0. The minimum absolute atomic E-state index is 0.00196. The van der Waals surface area contributed by atoms with E-state index in [9.17, 15) is 4.79 Å². The maximum atomic E-state index is 13.1. The summed E-state index contributed by atoms with van der Waals surface area (Å²) in [5.74, 6) is 1.42. The summed E-state index contributed by atoms with van der Waals surface area (Å²) in [5.41, 5.74) is 1.82. The first kappa shape index (κ1) is 19.0. The molecule has 0 saturated carbocycles. The van der Waals surface area contributed by atoms with Gasteiger partial charge in [-0.25, -0.2) is 0 Å². The number of fused-ring (bicyclic) bond motifs is 1. The standard InChI is InChI=1S/C23H28N2O2/c1-5-14-25-22(26)20-11-6-7-12-21(20)24-23(25,4)18-9-8-10-19(16-18)27-15-13-17(2)3/h5-12,16-17,24H,1,13-15H2,2-4H3. The van der Waals surface area contributed by atoms with Crippen molar-refractivity contribution in [3.63, 3.8) is 0 Å². The molecule has 4 nitrogen and oxygen atoms in total. The second-order valence-corrected chi connectivity index (χ2v) is 7.51. The van der Waals surface area contributed by atoms with Gasteiger partial charge in [0.15, 0.2) is 0 Å². The molecule has 1 amide bonds. The molecule has 1 heterocycles. The summed E-state index contributed by atoms with van der Waals surface area (Å²) in [7, 11) is 0. The molecule has 1 aliphatic rings. The number of hydrogen-bond acceptors (Lipinski definition) is 3. The lowest BCUT2D eigenvalue weighted by molar-refractivity contribution is 0.0572. The van der Waals surface area contributed by atoms with E-state index in [1.807, 2.05) is 60.4 Å². The molecule has 0 aromatic heterocycles. The number of ether oxygens (including phenoxy) is 1. The Kier molecular flexibility index (Phi) is 5.54. The van der Waals surface area contributed by atoms with E-state index in [1.165, 1.54) is 0 Å². The first-order valence-corrected chi connectivity index (χ1v) is 9.49. The molecule has 142 valence electrons. The molecule has 0 bridgehead atoms. The molecule has 0 fully saturated rings. The summed E-state index contributed by atoms with van der Waals surface area (Å²) in [6, 6.07) is 15.6. The van der Waals surface area contributed by atoms with E-state index in [0.717, 1.165) is 23.4 Å². The van der Waals surface area contributed by atoms with Gasteiger partial charge >= 0.3 is 0 Å². The highest BCUT2D eigenvalue weighted by atomic mass is 16.5. The number of amides is 1. The third kappa shape index (κ3) is 3.85. The van der Waals surface area contributed by atoms with Crippen LogP contribution in [0.2, 0.25) is 0 Å². The number of nitrogens with zero attached hydrogens (tertiary/aromatic N) is 1. The molecule has 0 spiro atoms. The normalized spacial score (nSPS) is 18.8. The van der Waals surface area contributed by atoms with Crippen LogP contribution in [-0.2, 0) is 5.66 Å². The molecule has 2 aromatic rings. The third-order valence-electron chi connectivity index (χ3n) is 4.99. The highest BCUT2D eigenvalue weighted by molar-refractivity contribution is 6.02. The van der Waals surface area contributed by atoms with Gasteiger partial charge in [-0.15, -0.1) is 6.58 Å². The Bertz CT molecular complexity index is 831. The average Bonchev–Trinajstić information content (AvgIpc) is 2.65. The van der Waals surface area contributed by atoms with E-state index in [-0.39, 0.29) is 5.91 Å². The number of hydrogen-bond donors (Lipinski definition) is 1. The summed E-state index contributed by atoms with van der Waals surface area (Å²) in [6.45, 7) is 11.4. The Balaban J connectivity index is 1.95. The van der Waals surface area contributed by atoms with Gasteiger partial charge in [0.25, 0.3) is 5.91 Å². The van der Waals surface area contributed by atoms with Crippen molar-refractivity contribution in [2.75, 3.05) is 18.5 Å². The predicted octanol–water partition coefficient (Wildman–Crippen LogP) is 5.04. The molecule has 0 saturated heterocycles. The molecule has 2 aromatic carbocycles. The zero-order chi connectivity index (χ0) is 19.4. The second kappa shape index (κ2) is 7.87. The Hall–Kier alpha value is -2.75. The lowest BCUT2D eigenvalue weighted by atomic mass is 9.93. The zero-order valence-corrected chi connectivity index (χ0v) is 16.4. The molecule has 1 unspecified atom stereocenters. The Labute approximate surface area is 161 Å². The maximum absolute atomic E-state index is 13.1. The number of benzene rings is 2. The molecule has 1 atom stereocenters. The molecular formula is C23H28N2O2. The van der Waals surface area contributed by atoms with Crippen LogP contribution < -0.4 is 10.1 Å². The van der Waals surface area contributed by atoms with E-state index < -0.39 is 5.66 Å². The average molecular weight is 364 g/mol. The fraction of sp³-hybridized carbons (Fsp3) is 0.348. The van der Waals surface area contributed by atoms with Gasteiger partial charge in [-0.3, -0.25) is 4.79 Å². The summed E-state index contributed by atoms with van der Waals surface area (Å²) in [4.78, 5) is 14.9. The van der Waals surface area contributed by atoms with Crippen LogP contribution >= 0.6 is 0 Å². The zero-order valence-electron chi connectivity index (χ0n) is 16.4.